The Morgan fingerprint density at radius 2 is 1.66 bits per heavy atom. The van der Waals surface area contributed by atoms with Crippen LogP contribution >= 0.6 is 11.6 Å². The second-order valence-electron chi connectivity index (χ2n) is 10.3. The molecule has 5 rings (SSSR count). The topological polar surface area (TPSA) is 95.7 Å². The summed E-state index contributed by atoms with van der Waals surface area (Å²) < 4.78 is 69.6. The third kappa shape index (κ3) is 5.67. The number of anilines is 1. The molecule has 1 N–H and O–H groups in total. The van der Waals surface area contributed by atoms with Crippen molar-refractivity contribution in [1.29, 1.82) is 0 Å². The number of rotatable bonds is 8. The molecule has 0 saturated carbocycles. The molecule has 13 heteroatoms. The lowest BCUT2D eigenvalue weighted by Gasteiger charge is -2.22. The van der Waals surface area contributed by atoms with E-state index in [0.717, 1.165) is 11.8 Å². The molecule has 8 nitrogen and oxygen atoms in total. The van der Waals surface area contributed by atoms with E-state index >= 15 is 0 Å². The van der Waals surface area contributed by atoms with Crippen molar-refractivity contribution < 1.29 is 31.5 Å². The van der Waals surface area contributed by atoms with Crippen LogP contribution in [0.3, 0.4) is 0 Å². The molecule has 1 aromatic heterocycles. The maximum absolute atomic E-state index is 13.6. The zero-order chi connectivity index (χ0) is 32.0. The van der Waals surface area contributed by atoms with Gasteiger partial charge in [-0.25, -0.2) is 22.5 Å². The summed E-state index contributed by atoms with van der Waals surface area (Å²) in [6.07, 6.45) is -5.70. The molecule has 0 saturated heterocycles. The third-order valence-corrected chi connectivity index (χ3v) is 9.50. The highest BCUT2D eigenvalue weighted by Crippen LogP contribution is 2.38. The molecule has 0 aliphatic rings. The number of imidazole rings is 1. The Kier molecular flexibility index (Phi) is 8.25. The van der Waals surface area contributed by atoms with Crippen molar-refractivity contribution in [2.45, 2.75) is 30.8 Å². The Morgan fingerprint density at radius 3 is 2.27 bits per heavy atom. The van der Waals surface area contributed by atoms with Crippen molar-refractivity contribution >= 4 is 55.2 Å². The number of hydrogen-bond acceptors (Lipinski definition) is 5. The number of sulfonamides is 1. The highest BCUT2D eigenvalue weighted by atomic mass is 35.5. The van der Waals surface area contributed by atoms with Gasteiger partial charge in [0.05, 0.1) is 26.5 Å². The number of benzene rings is 4. The molecule has 0 unspecified atom stereocenters. The summed E-state index contributed by atoms with van der Waals surface area (Å²) in [4.78, 5) is 18.3. The van der Waals surface area contributed by atoms with Gasteiger partial charge in [-0.05, 0) is 48.4 Å². The first-order chi connectivity index (χ1) is 20.7. The van der Waals surface area contributed by atoms with Crippen molar-refractivity contribution in [2.75, 3.05) is 25.5 Å². The summed E-state index contributed by atoms with van der Waals surface area (Å²) >= 11 is 5.99. The minimum atomic E-state index is -4.62. The fourth-order valence-electron chi connectivity index (χ4n) is 5.25. The number of aromatic nitrogens is 2. The predicted molar refractivity (Wildman–Crippen MR) is 164 cm³/mol. The molecule has 230 valence electrons. The molecule has 0 fully saturated rings. The largest absolute Gasteiger partial charge is 0.464 e. The zero-order valence-corrected chi connectivity index (χ0v) is 25.5. The van der Waals surface area contributed by atoms with Gasteiger partial charge in [0.2, 0.25) is 0 Å². The van der Waals surface area contributed by atoms with Crippen molar-refractivity contribution in [3.05, 3.63) is 94.8 Å². The number of alkyl halides is 3. The lowest BCUT2D eigenvalue weighted by Crippen LogP contribution is -2.37. The normalized spacial score (nSPS) is 12.2. The Hall–Kier alpha value is -4.29. The monoisotopic (exact) mass is 644 g/mol. The van der Waals surface area contributed by atoms with E-state index in [0.29, 0.717) is 44.1 Å². The van der Waals surface area contributed by atoms with Crippen LogP contribution in [0, 0.1) is 0 Å². The van der Waals surface area contributed by atoms with Gasteiger partial charge in [0.25, 0.3) is 10.0 Å². The van der Waals surface area contributed by atoms with Crippen LogP contribution in [0.15, 0.2) is 77.7 Å². The van der Waals surface area contributed by atoms with Crippen molar-refractivity contribution in [3.8, 4) is 5.69 Å². The molecular weight excluding hydrogens is 617 g/mol. The molecule has 0 spiro atoms. The maximum Gasteiger partial charge on any atom is 0.421 e. The maximum atomic E-state index is 13.6. The van der Waals surface area contributed by atoms with E-state index in [9.17, 15) is 31.5 Å². The fourth-order valence-corrected chi connectivity index (χ4v) is 7.00. The minimum absolute atomic E-state index is 0.0889. The Morgan fingerprint density at radius 1 is 1.00 bits per heavy atom. The van der Waals surface area contributed by atoms with Crippen LogP contribution in [0.5, 0.6) is 0 Å². The van der Waals surface area contributed by atoms with Gasteiger partial charge in [-0.3, -0.25) is 4.57 Å². The van der Waals surface area contributed by atoms with Crippen molar-refractivity contribution in [2.24, 2.45) is 0 Å². The summed E-state index contributed by atoms with van der Waals surface area (Å²) in [5.74, 6) is 0.527. The van der Waals surface area contributed by atoms with Gasteiger partial charge in [0.15, 0.2) is 0 Å². The Balaban J connectivity index is 1.43. The molecule has 5 aromatic rings. The van der Waals surface area contributed by atoms with Gasteiger partial charge in [0.1, 0.15) is 5.82 Å². The molecule has 4 aromatic carbocycles. The van der Waals surface area contributed by atoms with Gasteiger partial charge >= 0.3 is 12.3 Å². The first kappa shape index (κ1) is 31.1. The van der Waals surface area contributed by atoms with Crippen LogP contribution in [0.4, 0.5) is 23.7 Å². The summed E-state index contributed by atoms with van der Waals surface area (Å²) in [5.41, 5.74) is 1.65. The minimum Gasteiger partial charge on any atom is -0.464 e. The number of hydrogen-bond donors (Lipinski definition) is 1. The summed E-state index contributed by atoms with van der Waals surface area (Å²) in [5, 5.41) is 10.6. The number of fused-ring (bicyclic) bond motifs is 2. The molecule has 0 aliphatic carbocycles. The highest BCUT2D eigenvalue weighted by molar-refractivity contribution is 7.89. The lowest BCUT2D eigenvalue weighted by molar-refractivity contribution is -0.137. The summed E-state index contributed by atoms with van der Waals surface area (Å²) in [6.45, 7) is 1.50. The molecule has 44 heavy (non-hydrogen) atoms. The molecule has 1 heterocycles. The van der Waals surface area contributed by atoms with Gasteiger partial charge in [-0.15, -0.1) is 0 Å². The van der Waals surface area contributed by atoms with Crippen LogP contribution in [-0.4, -0.2) is 54.1 Å². The van der Waals surface area contributed by atoms with E-state index in [-0.39, 0.29) is 23.4 Å². The second-order valence-corrected chi connectivity index (χ2v) is 12.6. The average Bonchev–Trinajstić information content (AvgIpc) is 3.33. The number of amides is 1. The highest BCUT2D eigenvalue weighted by Gasteiger charge is 2.34. The van der Waals surface area contributed by atoms with Gasteiger partial charge in [-0.2, -0.15) is 13.2 Å². The quantitative estimate of drug-likeness (QED) is 0.189. The van der Waals surface area contributed by atoms with E-state index in [1.165, 1.54) is 12.1 Å². The number of nitrogens with zero attached hydrogens (tertiary/aromatic N) is 4. The van der Waals surface area contributed by atoms with Gasteiger partial charge < -0.3 is 10.0 Å². The standard InChI is InChI=1S/C31H28ClF3N4O4S/c1-4-29-36-25-17-23(31(33,34)35)24(32)18-27(25)39(29)20-13-11-19(12-14-20)15-16-38(30(40)41)44(42,43)28-10-6-7-21-22(28)8-5-9-26(21)37(2)3/h5-14,17-18H,4,15-16H2,1-3H3,(H,40,41). The first-order valence-corrected chi connectivity index (χ1v) is 15.4. The smallest absolute Gasteiger partial charge is 0.421 e. The number of carboxylic acid groups (broad SMARTS) is 1. The lowest BCUT2D eigenvalue weighted by atomic mass is 10.1. The van der Waals surface area contributed by atoms with E-state index < -0.39 is 32.9 Å². The molecule has 0 atom stereocenters. The van der Waals surface area contributed by atoms with Crippen LogP contribution in [0.2, 0.25) is 5.02 Å². The van der Waals surface area contributed by atoms with Crippen LogP contribution < -0.4 is 4.90 Å². The predicted octanol–water partition coefficient (Wildman–Crippen LogP) is 7.39. The van der Waals surface area contributed by atoms with Crippen LogP contribution in [0.25, 0.3) is 27.5 Å². The average molecular weight is 645 g/mol. The van der Waals surface area contributed by atoms with Crippen molar-refractivity contribution in [3.63, 3.8) is 0 Å². The van der Waals surface area contributed by atoms with E-state index in [4.69, 9.17) is 11.6 Å². The van der Waals surface area contributed by atoms with Crippen LogP contribution in [0.1, 0.15) is 23.9 Å². The van der Waals surface area contributed by atoms with Crippen LogP contribution in [-0.2, 0) is 29.0 Å². The summed E-state index contributed by atoms with van der Waals surface area (Å²) in [6, 6.07) is 19.0. The zero-order valence-electron chi connectivity index (χ0n) is 23.9. The van der Waals surface area contributed by atoms with Crippen molar-refractivity contribution in [1.82, 2.24) is 13.9 Å². The number of aryl methyl sites for hydroxylation is 1. The van der Waals surface area contributed by atoms with E-state index in [2.05, 4.69) is 4.98 Å². The molecular formula is C31H28ClF3N4O4S. The Bertz CT molecular complexity index is 1990. The number of halogens is 4. The molecule has 0 radical (unpaired) electrons. The fraction of sp³-hybridized carbons (Fsp3) is 0.226. The van der Waals surface area contributed by atoms with E-state index in [1.807, 2.05) is 32.0 Å². The molecule has 0 aliphatic heterocycles. The second kappa shape index (κ2) is 11.7. The first-order valence-electron chi connectivity index (χ1n) is 13.6. The Labute approximate surface area is 257 Å². The third-order valence-electron chi connectivity index (χ3n) is 7.35. The van der Waals surface area contributed by atoms with Gasteiger partial charge in [-0.1, -0.05) is 54.9 Å². The molecule has 0 bridgehead atoms. The summed E-state index contributed by atoms with van der Waals surface area (Å²) in [7, 11) is -0.754. The SMILES string of the molecule is CCc1nc2cc(C(F)(F)F)c(Cl)cc2n1-c1ccc(CCN(C(=O)O)S(=O)(=O)c2cccc3c(N(C)C)cccc23)cc1. The van der Waals surface area contributed by atoms with Gasteiger partial charge in [0, 0.05) is 49.2 Å². The molecule has 1 amide bonds. The number of carbonyl (C=O) groups is 1. The van der Waals surface area contributed by atoms with E-state index in [1.54, 1.807) is 53.1 Å².